The van der Waals surface area contributed by atoms with Crippen molar-refractivity contribution in [3.8, 4) is 11.5 Å². The third-order valence-electron chi connectivity index (χ3n) is 4.71. The highest BCUT2D eigenvalue weighted by Gasteiger charge is 2.13. The molecule has 0 unspecified atom stereocenters. The van der Waals surface area contributed by atoms with E-state index >= 15 is 0 Å². The molecular formula is C25H28Cl2FNO2. The fourth-order valence-electron chi connectivity index (χ4n) is 3.08. The van der Waals surface area contributed by atoms with Crippen molar-refractivity contribution in [1.82, 2.24) is 5.32 Å². The summed E-state index contributed by atoms with van der Waals surface area (Å²) < 4.78 is 24.8. The van der Waals surface area contributed by atoms with E-state index in [-0.39, 0.29) is 18.2 Å². The SMILES string of the molecule is CCOc1cc(CNCCc2ccc(F)cc2)cc(Cl)c1OCc1ccc(C)cc1.Cl. The molecule has 0 aliphatic heterocycles. The maximum atomic E-state index is 13.0. The van der Waals surface area contributed by atoms with Crippen LogP contribution in [0.2, 0.25) is 5.02 Å². The zero-order chi connectivity index (χ0) is 21.3. The van der Waals surface area contributed by atoms with E-state index in [4.69, 9.17) is 21.1 Å². The lowest BCUT2D eigenvalue weighted by Crippen LogP contribution is -2.17. The van der Waals surface area contributed by atoms with Crippen molar-refractivity contribution >= 4 is 24.0 Å². The lowest BCUT2D eigenvalue weighted by atomic mass is 10.1. The van der Waals surface area contributed by atoms with Crippen molar-refractivity contribution in [2.75, 3.05) is 13.2 Å². The average Bonchev–Trinajstić information content (AvgIpc) is 2.73. The second-order valence-corrected chi connectivity index (χ2v) is 7.57. The van der Waals surface area contributed by atoms with E-state index in [2.05, 4.69) is 24.4 Å². The largest absolute Gasteiger partial charge is 0.490 e. The van der Waals surface area contributed by atoms with Gasteiger partial charge in [-0.3, -0.25) is 0 Å². The second kappa shape index (κ2) is 12.6. The molecule has 0 spiro atoms. The highest BCUT2D eigenvalue weighted by atomic mass is 35.5. The van der Waals surface area contributed by atoms with Gasteiger partial charge < -0.3 is 14.8 Å². The van der Waals surface area contributed by atoms with Gasteiger partial charge in [-0.1, -0.05) is 53.6 Å². The Kier molecular flexibility index (Phi) is 10.1. The van der Waals surface area contributed by atoms with Crippen molar-refractivity contribution in [2.24, 2.45) is 0 Å². The molecule has 0 aliphatic carbocycles. The van der Waals surface area contributed by atoms with E-state index in [1.165, 1.54) is 17.7 Å². The first-order valence-corrected chi connectivity index (χ1v) is 10.5. The predicted molar refractivity (Wildman–Crippen MR) is 127 cm³/mol. The Balaban J connectivity index is 0.00000341. The van der Waals surface area contributed by atoms with Crippen molar-refractivity contribution in [2.45, 2.75) is 33.4 Å². The summed E-state index contributed by atoms with van der Waals surface area (Å²) in [5.74, 6) is 0.996. The van der Waals surface area contributed by atoms with Gasteiger partial charge in [-0.15, -0.1) is 12.4 Å². The molecule has 0 heterocycles. The molecule has 0 saturated carbocycles. The fraction of sp³-hybridized carbons (Fsp3) is 0.280. The van der Waals surface area contributed by atoms with Gasteiger partial charge in [0.05, 0.1) is 11.6 Å². The van der Waals surface area contributed by atoms with Gasteiger partial charge in [-0.2, -0.15) is 0 Å². The average molecular weight is 464 g/mol. The Morgan fingerprint density at radius 1 is 0.903 bits per heavy atom. The van der Waals surface area contributed by atoms with E-state index in [0.717, 1.165) is 29.7 Å². The minimum atomic E-state index is -0.213. The zero-order valence-corrected chi connectivity index (χ0v) is 19.4. The Morgan fingerprint density at radius 3 is 2.26 bits per heavy atom. The maximum absolute atomic E-state index is 13.0. The molecule has 0 radical (unpaired) electrons. The number of rotatable bonds is 10. The maximum Gasteiger partial charge on any atom is 0.180 e. The highest BCUT2D eigenvalue weighted by Crippen LogP contribution is 2.37. The fourth-order valence-corrected chi connectivity index (χ4v) is 3.37. The molecule has 3 nitrogen and oxygen atoms in total. The third kappa shape index (κ3) is 7.73. The minimum Gasteiger partial charge on any atom is -0.490 e. The van der Waals surface area contributed by atoms with Gasteiger partial charge in [0.15, 0.2) is 11.5 Å². The first-order valence-electron chi connectivity index (χ1n) is 10.1. The molecule has 0 saturated heterocycles. The van der Waals surface area contributed by atoms with Crippen LogP contribution in [0.25, 0.3) is 0 Å². The van der Waals surface area contributed by atoms with Crippen molar-refractivity contribution in [3.05, 3.63) is 93.8 Å². The molecule has 3 rings (SSSR count). The molecular weight excluding hydrogens is 436 g/mol. The number of benzene rings is 3. The van der Waals surface area contributed by atoms with Gasteiger partial charge in [-0.25, -0.2) is 4.39 Å². The first-order chi connectivity index (χ1) is 14.5. The third-order valence-corrected chi connectivity index (χ3v) is 4.99. The molecule has 0 fully saturated rings. The summed E-state index contributed by atoms with van der Waals surface area (Å²) in [4.78, 5) is 0. The highest BCUT2D eigenvalue weighted by molar-refractivity contribution is 6.32. The zero-order valence-electron chi connectivity index (χ0n) is 17.8. The van der Waals surface area contributed by atoms with E-state index in [1.807, 2.05) is 31.2 Å². The number of ether oxygens (including phenoxy) is 2. The molecule has 166 valence electrons. The summed E-state index contributed by atoms with van der Waals surface area (Å²) in [7, 11) is 0. The van der Waals surface area contributed by atoms with Crippen LogP contribution in [-0.4, -0.2) is 13.2 Å². The van der Waals surface area contributed by atoms with Gasteiger partial charge >= 0.3 is 0 Å². The summed E-state index contributed by atoms with van der Waals surface area (Å²) in [6.45, 7) is 6.37. The predicted octanol–water partition coefficient (Wildman–Crippen LogP) is 6.52. The lowest BCUT2D eigenvalue weighted by Gasteiger charge is -2.16. The van der Waals surface area contributed by atoms with Gasteiger partial charge in [-0.05, 0) is 67.8 Å². The minimum absolute atomic E-state index is 0. The standard InChI is InChI=1S/C25H27ClFNO2.ClH/c1-3-29-24-15-21(16-28-13-12-19-8-10-22(27)11-9-19)14-23(26)25(24)30-17-20-6-4-18(2)5-7-20;/h4-11,14-15,28H,3,12-13,16-17H2,1-2H3;1H. The summed E-state index contributed by atoms with van der Waals surface area (Å²) in [5, 5.41) is 3.93. The summed E-state index contributed by atoms with van der Waals surface area (Å²) in [5.41, 5.74) is 4.40. The Bertz CT molecular complexity index is 947. The molecule has 0 amide bonds. The molecule has 6 heteroatoms. The first kappa shape index (κ1) is 25.0. The van der Waals surface area contributed by atoms with Crippen molar-refractivity contribution in [3.63, 3.8) is 0 Å². The summed E-state index contributed by atoms with van der Waals surface area (Å²) >= 11 is 6.52. The lowest BCUT2D eigenvalue weighted by molar-refractivity contribution is 0.269. The van der Waals surface area contributed by atoms with Crippen LogP contribution in [0.1, 0.15) is 29.2 Å². The van der Waals surface area contributed by atoms with Crippen LogP contribution in [0.3, 0.4) is 0 Å². The van der Waals surface area contributed by atoms with E-state index in [1.54, 1.807) is 12.1 Å². The van der Waals surface area contributed by atoms with Crippen LogP contribution < -0.4 is 14.8 Å². The molecule has 0 aromatic heterocycles. The molecule has 3 aromatic rings. The van der Waals surface area contributed by atoms with Gasteiger partial charge in [0.2, 0.25) is 0 Å². The van der Waals surface area contributed by atoms with Crippen LogP contribution in [0, 0.1) is 12.7 Å². The Morgan fingerprint density at radius 2 is 1.58 bits per heavy atom. The smallest absolute Gasteiger partial charge is 0.180 e. The number of hydrogen-bond acceptors (Lipinski definition) is 3. The number of aryl methyl sites for hydroxylation is 1. The Labute approximate surface area is 194 Å². The van der Waals surface area contributed by atoms with E-state index in [0.29, 0.717) is 36.3 Å². The van der Waals surface area contributed by atoms with Crippen LogP contribution >= 0.6 is 24.0 Å². The van der Waals surface area contributed by atoms with Gasteiger partial charge in [0, 0.05) is 6.54 Å². The topological polar surface area (TPSA) is 30.5 Å². The van der Waals surface area contributed by atoms with E-state index < -0.39 is 0 Å². The number of nitrogens with one attached hydrogen (secondary N) is 1. The second-order valence-electron chi connectivity index (χ2n) is 7.17. The molecule has 0 atom stereocenters. The Hall–Kier alpha value is -2.27. The number of halogens is 3. The van der Waals surface area contributed by atoms with Crippen LogP contribution in [-0.2, 0) is 19.6 Å². The number of hydrogen-bond donors (Lipinski definition) is 1. The quantitative estimate of drug-likeness (QED) is 0.347. The van der Waals surface area contributed by atoms with E-state index in [9.17, 15) is 4.39 Å². The van der Waals surface area contributed by atoms with Gasteiger partial charge in [0.1, 0.15) is 12.4 Å². The monoisotopic (exact) mass is 463 g/mol. The summed E-state index contributed by atoms with van der Waals surface area (Å²) in [6.07, 6.45) is 0.823. The summed E-state index contributed by atoms with van der Waals surface area (Å²) in [6, 6.07) is 18.7. The molecule has 3 aromatic carbocycles. The van der Waals surface area contributed by atoms with Crippen LogP contribution in [0.5, 0.6) is 11.5 Å². The normalized spacial score (nSPS) is 10.5. The van der Waals surface area contributed by atoms with Crippen LogP contribution in [0.4, 0.5) is 4.39 Å². The molecule has 0 bridgehead atoms. The van der Waals surface area contributed by atoms with Crippen molar-refractivity contribution < 1.29 is 13.9 Å². The van der Waals surface area contributed by atoms with Crippen molar-refractivity contribution in [1.29, 1.82) is 0 Å². The van der Waals surface area contributed by atoms with Crippen LogP contribution in [0.15, 0.2) is 60.7 Å². The molecule has 31 heavy (non-hydrogen) atoms. The molecule has 1 N–H and O–H groups in total. The molecule has 0 aliphatic rings. The van der Waals surface area contributed by atoms with Gasteiger partial charge in [0.25, 0.3) is 0 Å².